The van der Waals surface area contributed by atoms with Crippen LogP contribution in [0.3, 0.4) is 0 Å². The molecule has 8 heteroatoms. The van der Waals surface area contributed by atoms with Gasteiger partial charge in [-0.15, -0.1) is 0 Å². The average molecular weight is 431 g/mol. The Morgan fingerprint density at radius 2 is 1.97 bits per heavy atom. The lowest BCUT2D eigenvalue weighted by atomic mass is 9.96. The van der Waals surface area contributed by atoms with Gasteiger partial charge in [-0.05, 0) is 37.5 Å². The first-order valence-corrected chi connectivity index (χ1v) is 11.4. The van der Waals surface area contributed by atoms with E-state index >= 15 is 0 Å². The summed E-state index contributed by atoms with van der Waals surface area (Å²) in [6.07, 6.45) is 3.37. The third kappa shape index (κ3) is 5.02. The molecule has 3 N–H and O–H groups in total. The number of nitrogens with two attached hydrogens (primary N) is 1. The van der Waals surface area contributed by atoms with Crippen molar-refractivity contribution >= 4 is 23.4 Å². The van der Waals surface area contributed by atoms with Gasteiger partial charge in [-0.1, -0.05) is 6.07 Å². The van der Waals surface area contributed by atoms with E-state index in [9.17, 15) is 9.59 Å². The van der Waals surface area contributed by atoms with E-state index in [1.165, 1.54) is 12.8 Å². The minimum Gasteiger partial charge on any atom is -0.446 e. The summed E-state index contributed by atoms with van der Waals surface area (Å²) in [7, 11) is 0. The van der Waals surface area contributed by atoms with Crippen LogP contribution in [-0.2, 0) is 14.3 Å². The van der Waals surface area contributed by atoms with Crippen molar-refractivity contribution in [2.45, 2.75) is 63.6 Å². The van der Waals surface area contributed by atoms with E-state index in [-0.39, 0.29) is 30.1 Å². The van der Waals surface area contributed by atoms with E-state index < -0.39 is 0 Å². The maximum absolute atomic E-state index is 13.1. The highest BCUT2D eigenvalue weighted by atomic mass is 16.6. The van der Waals surface area contributed by atoms with Crippen LogP contribution in [0.1, 0.15) is 51.0 Å². The van der Waals surface area contributed by atoms with Gasteiger partial charge in [0.1, 0.15) is 6.10 Å². The standard InChI is InChI=1S/C23H34N4O4/c1-15-14-26(23(29)31-20-7-9-30-10-8-20)22-11-17(3-6-21(22)27(15)16(2)28)18(12-24)13-25-19-4-5-19/h3,6,11,15,18-20,25H,4-5,7-10,12-14,24H2,1-2H3/t15-,18?/m0/s1. The van der Waals surface area contributed by atoms with Gasteiger partial charge in [-0.2, -0.15) is 0 Å². The summed E-state index contributed by atoms with van der Waals surface area (Å²) in [6.45, 7) is 6.45. The highest BCUT2D eigenvalue weighted by Gasteiger charge is 2.36. The molecule has 1 saturated heterocycles. The number of hydrogen-bond acceptors (Lipinski definition) is 6. The number of hydrogen-bond donors (Lipinski definition) is 2. The Balaban J connectivity index is 1.61. The fourth-order valence-electron chi connectivity index (χ4n) is 4.48. The van der Waals surface area contributed by atoms with E-state index in [0.29, 0.717) is 50.9 Å². The second-order valence-corrected chi connectivity index (χ2v) is 8.91. The van der Waals surface area contributed by atoms with E-state index in [4.69, 9.17) is 15.2 Å². The molecule has 2 aliphatic heterocycles. The van der Waals surface area contributed by atoms with E-state index in [1.807, 2.05) is 25.1 Å². The fraction of sp³-hybridized carbons (Fsp3) is 0.652. The Kier molecular flexibility index (Phi) is 6.79. The number of carbonyl (C=O) groups is 2. The molecule has 1 aliphatic carbocycles. The van der Waals surface area contributed by atoms with Gasteiger partial charge in [0.05, 0.1) is 30.6 Å². The molecule has 2 fully saturated rings. The molecule has 2 amide bonds. The zero-order valence-corrected chi connectivity index (χ0v) is 18.5. The van der Waals surface area contributed by atoms with Gasteiger partial charge in [0.15, 0.2) is 0 Å². The van der Waals surface area contributed by atoms with Crippen LogP contribution in [0.25, 0.3) is 0 Å². The first-order valence-electron chi connectivity index (χ1n) is 11.4. The summed E-state index contributed by atoms with van der Waals surface area (Å²) in [5.41, 5.74) is 8.60. The smallest absolute Gasteiger partial charge is 0.414 e. The largest absolute Gasteiger partial charge is 0.446 e. The molecule has 1 saturated carbocycles. The third-order valence-electron chi connectivity index (χ3n) is 6.42. The van der Waals surface area contributed by atoms with Crippen molar-refractivity contribution < 1.29 is 19.1 Å². The number of anilines is 2. The predicted molar refractivity (Wildman–Crippen MR) is 120 cm³/mol. The molecule has 0 bridgehead atoms. The molecule has 0 aromatic heterocycles. The van der Waals surface area contributed by atoms with E-state index in [2.05, 4.69) is 5.32 Å². The van der Waals surface area contributed by atoms with Crippen molar-refractivity contribution in [1.29, 1.82) is 0 Å². The summed E-state index contributed by atoms with van der Waals surface area (Å²) >= 11 is 0. The molecule has 1 aromatic carbocycles. The molecule has 0 spiro atoms. The van der Waals surface area contributed by atoms with Crippen molar-refractivity contribution in [3.05, 3.63) is 23.8 Å². The number of amides is 2. The van der Waals surface area contributed by atoms with Crippen molar-refractivity contribution in [2.75, 3.05) is 42.6 Å². The molecule has 0 radical (unpaired) electrons. The summed E-state index contributed by atoms with van der Waals surface area (Å²) in [5, 5.41) is 3.55. The second kappa shape index (κ2) is 9.54. The lowest BCUT2D eigenvalue weighted by Crippen LogP contribution is -2.52. The van der Waals surface area contributed by atoms with Crippen LogP contribution in [0.2, 0.25) is 0 Å². The quantitative estimate of drug-likeness (QED) is 0.719. The fourth-order valence-corrected chi connectivity index (χ4v) is 4.48. The number of rotatable bonds is 6. The summed E-state index contributed by atoms with van der Waals surface area (Å²) in [6, 6.07) is 6.44. The van der Waals surface area contributed by atoms with Crippen LogP contribution >= 0.6 is 0 Å². The number of nitrogens with zero attached hydrogens (tertiary/aromatic N) is 2. The molecule has 2 atom stereocenters. The van der Waals surface area contributed by atoms with Gasteiger partial charge in [-0.25, -0.2) is 4.79 Å². The molecule has 4 rings (SSSR count). The maximum Gasteiger partial charge on any atom is 0.414 e. The normalized spacial score (nSPS) is 22.7. The zero-order valence-electron chi connectivity index (χ0n) is 18.5. The number of fused-ring (bicyclic) bond motifs is 1. The SMILES string of the molecule is CC(=O)N1c2ccc(C(CN)CNC3CC3)cc2N(C(=O)OC2CCOCC2)C[C@@H]1C. The molecular weight excluding hydrogens is 396 g/mol. The van der Waals surface area contributed by atoms with Crippen molar-refractivity contribution in [3.8, 4) is 0 Å². The number of benzene rings is 1. The molecular formula is C23H34N4O4. The Morgan fingerprint density at radius 3 is 2.61 bits per heavy atom. The Bertz CT molecular complexity index is 807. The second-order valence-electron chi connectivity index (χ2n) is 8.91. The van der Waals surface area contributed by atoms with E-state index in [1.54, 1.807) is 16.7 Å². The van der Waals surface area contributed by atoms with Gasteiger partial charge in [0, 0.05) is 51.4 Å². The van der Waals surface area contributed by atoms with Crippen LogP contribution < -0.4 is 20.9 Å². The molecule has 31 heavy (non-hydrogen) atoms. The molecule has 2 heterocycles. The summed E-state index contributed by atoms with van der Waals surface area (Å²) in [4.78, 5) is 29.0. The van der Waals surface area contributed by atoms with Crippen molar-refractivity contribution in [3.63, 3.8) is 0 Å². The number of ether oxygens (including phenoxy) is 2. The van der Waals surface area contributed by atoms with Crippen LogP contribution in [0.4, 0.5) is 16.2 Å². The van der Waals surface area contributed by atoms with Crippen molar-refractivity contribution in [1.82, 2.24) is 5.32 Å². The first-order chi connectivity index (χ1) is 15.0. The van der Waals surface area contributed by atoms with Crippen LogP contribution in [-0.4, -0.2) is 63.0 Å². The number of carbonyl (C=O) groups excluding carboxylic acids is 2. The highest BCUT2D eigenvalue weighted by Crippen LogP contribution is 2.38. The maximum atomic E-state index is 13.1. The monoisotopic (exact) mass is 430 g/mol. The minimum absolute atomic E-state index is 0.0373. The molecule has 3 aliphatic rings. The molecule has 1 aromatic rings. The van der Waals surface area contributed by atoms with Crippen molar-refractivity contribution in [2.24, 2.45) is 5.73 Å². The summed E-state index contributed by atoms with van der Waals surface area (Å²) in [5.74, 6) is 0.106. The summed E-state index contributed by atoms with van der Waals surface area (Å²) < 4.78 is 11.2. The average Bonchev–Trinajstić information content (AvgIpc) is 3.58. The lowest BCUT2D eigenvalue weighted by molar-refractivity contribution is -0.117. The minimum atomic E-state index is -0.360. The predicted octanol–water partition coefficient (Wildman–Crippen LogP) is 2.36. The van der Waals surface area contributed by atoms with Gasteiger partial charge in [0.2, 0.25) is 5.91 Å². The zero-order chi connectivity index (χ0) is 22.0. The Labute approximate surface area is 184 Å². The van der Waals surface area contributed by atoms with Crippen LogP contribution in [0.5, 0.6) is 0 Å². The highest BCUT2D eigenvalue weighted by molar-refractivity contribution is 6.02. The van der Waals surface area contributed by atoms with Gasteiger partial charge < -0.3 is 25.4 Å². The van der Waals surface area contributed by atoms with E-state index in [0.717, 1.165) is 17.8 Å². The van der Waals surface area contributed by atoms with Gasteiger partial charge >= 0.3 is 6.09 Å². The first kappa shape index (κ1) is 22.0. The Hall–Kier alpha value is -2.16. The molecule has 170 valence electrons. The number of nitrogens with one attached hydrogen (secondary N) is 1. The van der Waals surface area contributed by atoms with Crippen LogP contribution in [0.15, 0.2) is 18.2 Å². The topological polar surface area (TPSA) is 97.1 Å². The Morgan fingerprint density at radius 1 is 1.23 bits per heavy atom. The molecule has 1 unspecified atom stereocenters. The van der Waals surface area contributed by atoms with Gasteiger partial charge in [0.25, 0.3) is 0 Å². The molecule has 8 nitrogen and oxygen atoms in total. The van der Waals surface area contributed by atoms with Gasteiger partial charge in [-0.3, -0.25) is 9.69 Å². The lowest BCUT2D eigenvalue weighted by Gasteiger charge is -2.41. The van der Waals surface area contributed by atoms with Crippen LogP contribution in [0, 0.1) is 0 Å². The third-order valence-corrected chi connectivity index (χ3v) is 6.42.